The number of Topliss-reactive ketones (excluding diaryl/α,β-unsaturated/α-hetero) is 1. The molecule has 0 saturated carbocycles. The van der Waals surface area contributed by atoms with Crippen LogP contribution in [0, 0.1) is 0 Å². The maximum atomic E-state index is 12.4. The van der Waals surface area contributed by atoms with Gasteiger partial charge in [0.25, 0.3) is 11.7 Å². The third-order valence-electron chi connectivity index (χ3n) is 4.13. The van der Waals surface area contributed by atoms with Crippen LogP contribution in [-0.2, 0) is 11.8 Å². The molecule has 2 aromatic rings. The van der Waals surface area contributed by atoms with Gasteiger partial charge in [0, 0.05) is 50.1 Å². The van der Waals surface area contributed by atoms with Crippen molar-refractivity contribution >= 4 is 29.0 Å². The molecule has 0 N–H and O–H groups in total. The van der Waals surface area contributed by atoms with Gasteiger partial charge in [-0.3, -0.25) is 9.59 Å². The molecule has 0 atom stereocenters. The van der Waals surface area contributed by atoms with Gasteiger partial charge in [-0.15, -0.1) is 0 Å². The Morgan fingerprint density at radius 2 is 1.65 bits per heavy atom. The minimum absolute atomic E-state index is 0.426. The Labute approximate surface area is 140 Å². The summed E-state index contributed by atoms with van der Waals surface area (Å²) in [5, 5.41) is 0.704. The van der Waals surface area contributed by atoms with Crippen LogP contribution in [0.1, 0.15) is 10.5 Å². The Bertz CT molecular complexity index is 716. The van der Waals surface area contributed by atoms with Crippen molar-refractivity contribution in [3.8, 4) is 0 Å². The number of carbonyl (C=O) groups is 2. The van der Waals surface area contributed by atoms with Crippen molar-refractivity contribution in [3.63, 3.8) is 0 Å². The summed E-state index contributed by atoms with van der Waals surface area (Å²) in [6.07, 6.45) is 1.76. The normalized spacial score (nSPS) is 14.9. The number of nitrogens with zero attached hydrogens (tertiary/aromatic N) is 3. The van der Waals surface area contributed by atoms with Crippen molar-refractivity contribution in [2.24, 2.45) is 7.05 Å². The summed E-state index contributed by atoms with van der Waals surface area (Å²) in [6.45, 7) is 2.48. The fraction of sp³-hybridized carbons (Fsp3) is 0.294. The zero-order chi connectivity index (χ0) is 16.4. The van der Waals surface area contributed by atoms with E-state index in [2.05, 4.69) is 4.90 Å². The highest BCUT2D eigenvalue weighted by Crippen LogP contribution is 2.19. The molecule has 3 rings (SSSR count). The molecule has 0 spiro atoms. The lowest BCUT2D eigenvalue weighted by atomic mass is 10.2. The molecule has 23 heavy (non-hydrogen) atoms. The van der Waals surface area contributed by atoms with Crippen LogP contribution in [0.15, 0.2) is 42.6 Å². The third-order valence-corrected chi connectivity index (χ3v) is 4.38. The van der Waals surface area contributed by atoms with E-state index in [9.17, 15) is 9.59 Å². The number of ketones is 1. The first-order chi connectivity index (χ1) is 11.1. The average Bonchev–Trinajstić information content (AvgIpc) is 3.00. The van der Waals surface area contributed by atoms with E-state index in [4.69, 9.17) is 11.6 Å². The predicted octanol–water partition coefficient (Wildman–Crippen LogP) is 2.21. The average molecular weight is 332 g/mol. The number of aryl methyl sites for hydroxylation is 1. The molecule has 1 aliphatic heterocycles. The highest BCUT2D eigenvalue weighted by molar-refractivity contribution is 6.42. The molecule has 1 aliphatic rings. The summed E-state index contributed by atoms with van der Waals surface area (Å²) in [5.41, 5.74) is 1.50. The number of anilines is 1. The molecular weight excluding hydrogens is 314 g/mol. The minimum atomic E-state index is -0.447. The van der Waals surface area contributed by atoms with Gasteiger partial charge in [0.2, 0.25) is 0 Å². The van der Waals surface area contributed by atoms with E-state index in [0.29, 0.717) is 36.9 Å². The SMILES string of the molecule is Cn1cccc1C(=O)C(=O)N1CCN(c2ccc(Cl)cc2)CC1. The zero-order valence-corrected chi connectivity index (χ0v) is 13.7. The molecule has 5 nitrogen and oxygen atoms in total. The summed E-state index contributed by atoms with van der Waals surface area (Å²) in [5.74, 6) is -0.875. The van der Waals surface area contributed by atoms with Gasteiger partial charge in [-0.25, -0.2) is 0 Å². The molecule has 0 bridgehead atoms. The lowest BCUT2D eigenvalue weighted by Crippen LogP contribution is -2.50. The number of halogens is 1. The van der Waals surface area contributed by atoms with Crippen LogP contribution in [0.4, 0.5) is 5.69 Å². The third kappa shape index (κ3) is 3.24. The maximum Gasteiger partial charge on any atom is 0.296 e. The number of hydrogen-bond acceptors (Lipinski definition) is 3. The van der Waals surface area contributed by atoms with Gasteiger partial charge in [0.05, 0.1) is 5.69 Å². The second-order valence-electron chi connectivity index (χ2n) is 5.59. The van der Waals surface area contributed by atoms with Crippen molar-refractivity contribution in [1.29, 1.82) is 0 Å². The molecule has 0 unspecified atom stereocenters. The van der Waals surface area contributed by atoms with Crippen LogP contribution in [0.5, 0.6) is 0 Å². The Balaban J connectivity index is 1.62. The molecule has 1 aromatic carbocycles. The smallest absolute Gasteiger partial charge is 0.296 e. The molecule has 1 fully saturated rings. The van der Waals surface area contributed by atoms with Gasteiger partial charge in [-0.05, 0) is 36.4 Å². The molecule has 2 heterocycles. The number of benzene rings is 1. The van der Waals surface area contributed by atoms with Crippen molar-refractivity contribution in [3.05, 3.63) is 53.3 Å². The Kier molecular flexibility index (Phi) is 4.39. The van der Waals surface area contributed by atoms with Crippen molar-refractivity contribution in [2.45, 2.75) is 0 Å². The van der Waals surface area contributed by atoms with Gasteiger partial charge < -0.3 is 14.4 Å². The van der Waals surface area contributed by atoms with Crippen molar-refractivity contribution in [1.82, 2.24) is 9.47 Å². The van der Waals surface area contributed by atoms with E-state index in [1.807, 2.05) is 24.3 Å². The van der Waals surface area contributed by atoms with E-state index in [-0.39, 0.29) is 0 Å². The van der Waals surface area contributed by atoms with Crippen LogP contribution in [0.2, 0.25) is 5.02 Å². The van der Waals surface area contributed by atoms with Crippen LogP contribution >= 0.6 is 11.6 Å². The molecule has 6 heteroatoms. The topological polar surface area (TPSA) is 45.6 Å². The molecule has 120 valence electrons. The minimum Gasteiger partial charge on any atom is -0.368 e. The van der Waals surface area contributed by atoms with Crippen molar-refractivity contribution < 1.29 is 9.59 Å². The monoisotopic (exact) mass is 331 g/mol. The quantitative estimate of drug-likeness (QED) is 0.640. The summed E-state index contributed by atoms with van der Waals surface area (Å²) in [4.78, 5) is 28.5. The van der Waals surface area contributed by atoms with Crippen molar-refractivity contribution in [2.75, 3.05) is 31.1 Å². The molecule has 0 aliphatic carbocycles. The number of piperazine rings is 1. The standard InChI is InChI=1S/C17H18ClN3O2/c1-19-8-2-3-15(19)16(22)17(23)21-11-9-20(10-12-21)14-6-4-13(18)5-7-14/h2-8H,9-12H2,1H3. The molecule has 0 radical (unpaired) electrons. The van der Waals surface area contributed by atoms with Crippen LogP contribution in [0.25, 0.3) is 0 Å². The number of amides is 1. The largest absolute Gasteiger partial charge is 0.368 e. The van der Waals surface area contributed by atoms with Crippen LogP contribution in [-0.4, -0.2) is 47.3 Å². The molecular formula is C17H18ClN3O2. The predicted molar refractivity (Wildman–Crippen MR) is 90.0 cm³/mol. The number of carbonyl (C=O) groups excluding carboxylic acids is 2. The second-order valence-corrected chi connectivity index (χ2v) is 6.03. The fourth-order valence-corrected chi connectivity index (χ4v) is 2.90. The first-order valence-corrected chi connectivity index (χ1v) is 7.89. The van der Waals surface area contributed by atoms with E-state index in [0.717, 1.165) is 5.69 Å². The summed E-state index contributed by atoms with van der Waals surface area (Å²) >= 11 is 5.90. The van der Waals surface area contributed by atoms with Gasteiger partial charge in [-0.1, -0.05) is 11.6 Å². The fourth-order valence-electron chi connectivity index (χ4n) is 2.77. The number of rotatable bonds is 3. The highest BCUT2D eigenvalue weighted by atomic mass is 35.5. The van der Waals surface area contributed by atoms with Crippen LogP contribution in [0.3, 0.4) is 0 Å². The summed E-state index contributed by atoms with van der Waals surface area (Å²) in [6, 6.07) is 11.1. The van der Waals surface area contributed by atoms with E-state index in [1.165, 1.54) is 0 Å². The Morgan fingerprint density at radius 1 is 1.00 bits per heavy atom. The van der Waals surface area contributed by atoms with Gasteiger partial charge >= 0.3 is 0 Å². The lowest BCUT2D eigenvalue weighted by Gasteiger charge is -2.35. The van der Waals surface area contributed by atoms with Gasteiger partial charge in [0.1, 0.15) is 0 Å². The first kappa shape index (κ1) is 15.6. The van der Waals surface area contributed by atoms with E-state index < -0.39 is 11.7 Å². The van der Waals surface area contributed by atoms with E-state index >= 15 is 0 Å². The number of hydrogen-bond donors (Lipinski definition) is 0. The second kappa shape index (κ2) is 6.46. The molecule has 1 saturated heterocycles. The lowest BCUT2D eigenvalue weighted by molar-refractivity contribution is -0.126. The Hall–Kier alpha value is -2.27. The zero-order valence-electron chi connectivity index (χ0n) is 12.9. The molecule has 1 amide bonds. The Morgan fingerprint density at radius 3 is 2.22 bits per heavy atom. The maximum absolute atomic E-state index is 12.4. The molecule has 1 aromatic heterocycles. The van der Waals surface area contributed by atoms with E-state index in [1.54, 1.807) is 34.8 Å². The van der Waals surface area contributed by atoms with Crippen LogP contribution < -0.4 is 4.90 Å². The van der Waals surface area contributed by atoms with Gasteiger partial charge in [-0.2, -0.15) is 0 Å². The first-order valence-electron chi connectivity index (χ1n) is 7.52. The van der Waals surface area contributed by atoms with Gasteiger partial charge in [0.15, 0.2) is 0 Å². The summed E-state index contributed by atoms with van der Waals surface area (Å²) in [7, 11) is 1.76. The highest BCUT2D eigenvalue weighted by Gasteiger charge is 2.27. The summed E-state index contributed by atoms with van der Waals surface area (Å²) < 4.78 is 1.67. The number of aromatic nitrogens is 1.